The van der Waals surface area contributed by atoms with Crippen molar-refractivity contribution in [3.8, 4) is 33.6 Å². The monoisotopic (exact) mass is 584 g/mol. The Balaban J connectivity index is 1.00. The molecule has 6 nitrogen and oxygen atoms in total. The van der Waals surface area contributed by atoms with Crippen LogP contribution in [0, 0.1) is 0 Å². The molecule has 0 saturated heterocycles. The molecule has 0 aliphatic heterocycles. The number of hydrogen-bond donors (Lipinski definition) is 3. The molecule has 0 spiro atoms. The molecule has 0 saturated carbocycles. The predicted molar refractivity (Wildman–Crippen MR) is 181 cm³/mol. The molecule has 7 rings (SSSR count). The molecular weight excluding hydrogens is 556 g/mol. The van der Waals surface area contributed by atoms with Crippen molar-refractivity contribution in [2.75, 3.05) is 10.6 Å². The van der Waals surface area contributed by atoms with Gasteiger partial charge in [-0.05, 0) is 89.0 Å². The third-order valence-corrected chi connectivity index (χ3v) is 7.67. The number of carbonyl (C=O) groups is 2. The predicted octanol–water partition coefficient (Wildman–Crippen LogP) is 9.07. The van der Waals surface area contributed by atoms with Gasteiger partial charge in [0.2, 0.25) is 0 Å². The molecule has 0 atom stereocenters. The molecule has 2 amide bonds. The highest BCUT2D eigenvalue weighted by Crippen LogP contribution is 2.26. The van der Waals surface area contributed by atoms with Gasteiger partial charge < -0.3 is 15.6 Å². The summed E-state index contributed by atoms with van der Waals surface area (Å²) in [6, 6.07) is 48.4. The Labute approximate surface area is 260 Å². The van der Waals surface area contributed by atoms with E-state index in [-0.39, 0.29) is 11.8 Å². The van der Waals surface area contributed by atoms with Crippen LogP contribution in [0.15, 0.2) is 152 Å². The second-order valence-corrected chi connectivity index (χ2v) is 10.7. The van der Waals surface area contributed by atoms with Gasteiger partial charge in [-0.25, -0.2) is 4.98 Å². The largest absolute Gasteiger partial charge is 0.338 e. The highest BCUT2D eigenvalue weighted by molar-refractivity contribution is 6.05. The van der Waals surface area contributed by atoms with Gasteiger partial charge in [0.25, 0.3) is 11.8 Å². The minimum atomic E-state index is -0.186. The van der Waals surface area contributed by atoms with Crippen molar-refractivity contribution in [3.63, 3.8) is 0 Å². The minimum Gasteiger partial charge on any atom is -0.338 e. The molecule has 1 heterocycles. The lowest BCUT2D eigenvalue weighted by molar-refractivity contribution is 0.101. The van der Waals surface area contributed by atoms with Gasteiger partial charge in [0.05, 0.1) is 11.0 Å². The molecule has 0 aliphatic carbocycles. The number of fused-ring (bicyclic) bond motifs is 1. The van der Waals surface area contributed by atoms with E-state index < -0.39 is 0 Å². The zero-order chi connectivity index (χ0) is 30.6. The zero-order valence-corrected chi connectivity index (χ0v) is 24.2. The number of hydrogen-bond acceptors (Lipinski definition) is 3. The van der Waals surface area contributed by atoms with Crippen LogP contribution in [0.5, 0.6) is 0 Å². The van der Waals surface area contributed by atoms with E-state index in [1.807, 2.05) is 152 Å². The molecule has 45 heavy (non-hydrogen) atoms. The molecule has 6 aromatic carbocycles. The summed E-state index contributed by atoms with van der Waals surface area (Å²) in [6.07, 6.45) is 0. The highest BCUT2D eigenvalue weighted by atomic mass is 16.2. The lowest BCUT2D eigenvalue weighted by Gasteiger charge is -2.07. The minimum absolute atomic E-state index is 0.173. The number of aromatic amines is 1. The van der Waals surface area contributed by atoms with Crippen molar-refractivity contribution in [2.24, 2.45) is 0 Å². The van der Waals surface area contributed by atoms with Gasteiger partial charge in [0.15, 0.2) is 0 Å². The van der Waals surface area contributed by atoms with E-state index in [4.69, 9.17) is 4.98 Å². The third kappa shape index (κ3) is 6.12. The fourth-order valence-corrected chi connectivity index (χ4v) is 5.23. The number of imidazole rings is 1. The molecule has 0 radical (unpaired) electrons. The number of nitrogens with one attached hydrogen (secondary N) is 3. The van der Waals surface area contributed by atoms with Gasteiger partial charge in [-0.3, -0.25) is 9.59 Å². The average molecular weight is 585 g/mol. The molecule has 3 N–H and O–H groups in total. The Morgan fingerprint density at radius 3 is 1.44 bits per heavy atom. The highest BCUT2D eigenvalue weighted by Gasteiger charge is 2.11. The van der Waals surface area contributed by atoms with E-state index in [1.165, 1.54) is 0 Å². The van der Waals surface area contributed by atoms with Crippen LogP contribution in [0.4, 0.5) is 11.4 Å². The van der Waals surface area contributed by atoms with Gasteiger partial charge in [-0.1, -0.05) is 84.9 Å². The maximum absolute atomic E-state index is 12.9. The smallest absolute Gasteiger partial charge is 0.255 e. The van der Waals surface area contributed by atoms with Crippen LogP contribution in [-0.2, 0) is 0 Å². The van der Waals surface area contributed by atoms with Crippen LogP contribution in [0.1, 0.15) is 20.7 Å². The van der Waals surface area contributed by atoms with E-state index in [2.05, 4.69) is 15.6 Å². The quantitative estimate of drug-likeness (QED) is 0.175. The molecular formula is C39H28N4O2. The summed E-state index contributed by atoms with van der Waals surface area (Å²) in [4.78, 5) is 33.9. The summed E-state index contributed by atoms with van der Waals surface area (Å²) in [7, 11) is 0. The van der Waals surface area contributed by atoms with Crippen LogP contribution in [-0.4, -0.2) is 21.8 Å². The van der Waals surface area contributed by atoms with Gasteiger partial charge in [-0.2, -0.15) is 0 Å². The normalized spacial score (nSPS) is 10.8. The van der Waals surface area contributed by atoms with Gasteiger partial charge in [0.1, 0.15) is 5.82 Å². The summed E-state index contributed by atoms with van der Waals surface area (Å²) in [5.74, 6) is 0.335. The van der Waals surface area contributed by atoms with Crippen LogP contribution in [0.25, 0.3) is 44.7 Å². The van der Waals surface area contributed by atoms with E-state index in [0.29, 0.717) is 28.3 Å². The molecule has 6 heteroatoms. The molecule has 0 aliphatic rings. The van der Waals surface area contributed by atoms with Gasteiger partial charge in [0, 0.05) is 28.1 Å². The van der Waals surface area contributed by atoms with Crippen molar-refractivity contribution in [1.29, 1.82) is 0 Å². The standard InChI is InChI=1S/C39H28N4O2/c44-38(31-15-11-28(12-16-31)26-7-3-1-4-8-26)40-33-21-19-30(20-22-33)37-42-35-24-23-34(25-36(35)43-37)41-39(45)32-17-13-29(14-18-32)27-9-5-2-6-10-27/h1-25H,(H,40,44)(H,41,45)(H,42,43). The second-order valence-electron chi connectivity index (χ2n) is 10.7. The Kier molecular flexibility index (Phi) is 7.44. The van der Waals surface area contributed by atoms with Gasteiger partial charge in [-0.15, -0.1) is 0 Å². The zero-order valence-electron chi connectivity index (χ0n) is 24.2. The lowest BCUT2D eigenvalue weighted by Crippen LogP contribution is -2.11. The maximum atomic E-state index is 12.9. The number of benzene rings is 6. The number of carbonyl (C=O) groups excluding carboxylic acids is 2. The van der Waals surface area contributed by atoms with Crippen LogP contribution < -0.4 is 10.6 Å². The average Bonchev–Trinajstić information content (AvgIpc) is 3.53. The van der Waals surface area contributed by atoms with Crippen molar-refractivity contribution in [3.05, 3.63) is 163 Å². The molecule has 0 bridgehead atoms. The first-order valence-corrected chi connectivity index (χ1v) is 14.6. The SMILES string of the molecule is O=C(Nc1ccc(-c2nc3cc(NC(=O)c4ccc(-c5ccccc5)cc4)ccc3[nH]2)cc1)c1ccc(-c2ccccc2)cc1. The summed E-state index contributed by atoms with van der Waals surface area (Å²) < 4.78 is 0. The molecule has 0 unspecified atom stereocenters. The summed E-state index contributed by atoms with van der Waals surface area (Å²) in [6.45, 7) is 0. The van der Waals surface area contributed by atoms with Crippen molar-refractivity contribution < 1.29 is 9.59 Å². The fourth-order valence-electron chi connectivity index (χ4n) is 5.23. The topological polar surface area (TPSA) is 86.9 Å². The van der Waals surface area contributed by atoms with Gasteiger partial charge >= 0.3 is 0 Å². The summed E-state index contributed by atoms with van der Waals surface area (Å²) in [5.41, 5.74) is 9.31. The van der Waals surface area contributed by atoms with Crippen molar-refractivity contribution in [2.45, 2.75) is 0 Å². The van der Waals surface area contributed by atoms with Crippen molar-refractivity contribution in [1.82, 2.24) is 9.97 Å². The van der Waals surface area contributed by atoms with Crippen LogP contribution in [0.2, 0.25) is 0 Å². The second kappa shape index (κ2) is 12.1. The number of nitrogens with zero attached hydrogens (tertiary/aromatic N) is 1. The van der Waals surface area contributed by atoms with E-state index in [9.17, 15) is 9.59 Å². The molecule has 0 fully saturated rings. The van der Waals surface area contributed by atoms with Crippen LogP contribution in [0.3, 0.4) is 0 Å². The fraction of sp³-hybridized carbons (Fsp3) is 0. The number of H-pyrrole nitrogens is 1. The molecule has 1 aromatic heterocycles. The third-order valence-electron chi connectivity index (χ3n) is 7.67. The lowest BCUT2D eigenvalue weighted by atomic mass is 10.0. The van der Waals surface area contributed by atoms with E-state index >= 15 is 0 Å². The Morgan fingerprint density at radius 2 is 0.911 bits per heavy atom. The first kappa shape index (κ1) is 27.6. The number of aromatic nitrogens is 2. The first-order valence-electron chi connectivity index (χ1n) is 14.6. The molecule has 7 aromatic rings. The van der Waals surface area contributed by atoms with E-state index in [0.717, 1.165) is 38.9 Å². The number of amides is 2. The van der Waals surface area contributed by atoms with Crippen LogP contribution >= 0.6 is 0 Å². The summed E-state index contributed by atoms with van der Waals surface area (Å²) in [5, 5.41) is 5.94. The van der Waals surface area contributed by atoms with E-state index in [1.54, 1.807) is 0 Å². The Hall–Kier alpha value is -6.27. The first-order chi connectivity index (χ1) is 22.1. The number of anilines is 2. The summed E-state index contributed by atoms with van der Waals surface area (Å²) >= 11 is 0. The van der Waals surface area contributed by atoms with Crippen molar-refractivity contribution >= 4 is 34.2 Å². The Morgan fingerprint density at radius 1 is 0.467 bits per heavy atom. The number of rotatable bonds is 7. The maximum Gasteiger partial charge on any atom is 0.255 e. The molecule has 216 valence electrons. The Bertz CT molecular complexity index is 2100.